The topological polar surface area (TPSA) is 49.9 Å². The molecule has 0 aromatic heterocycles. The first-order valence-electron chi connectivity index (χ1n) is 8.57. The third-order valence-electron chi connectivity index (χ3n) is 4.64. The van der Waals surface area contributed by atoms with Crippen LogP contribution in [0.2, 0.25) is 5.02 Å². The minimum absolute atomic E-state index is 0.112. The average Bonchev–Trinajstić information content (AvgIpc) is 2.67. The molecule has 3 rings (SSSR count). The van der Waals surface area contributed by atoms with E-state index in [1.54, 1.807) is 24.3 Å². The largest absolute Gasteiger partial charge is 0.497 e. The van der Waals surface area contributed by atoms with Crippen molar-refractivity contribution in [1.29, 1.82) is 0 Å². The summed E-state index contributed by atoms with van der Waals surface area (Å²) in [5, 5.41) is 0.732. The molecule has 0 radical (unpaired) electrons. The Hall–Kier alpha value is -1.76. The van der Waals surface area contributed by atoms with Gasteiger partial charge >= 0.3 is 0 Å². The van der Waals surface area contributed by atoms with Gasteiger partial charge in [0.1, 0.15) is 5.75 Å². The molecule has 0 amide bonds. The van der Waals surface area contributed by atoms with Crippen LogP contribution in [0.5, 0.6) is 5.75 Å². The predicted octanol–water partition coefficient (Wildman–Crippen LogP) is 2.94. The van der Waals surface area contributed by atoms with E-state index in [2.05, 4.69) is 9.80 Å². The van der Waals surface area contributed by atoms with E-state index in [1.807, 2.05) is 24.3 Å². The van der Waals surface area contributed by atoms with Gasteiger partial charge in [0.15, 0.2) is 9.84 Å². The van der Waals surface area contributed by atoms with E-state index >= 15 is 0 Å². The van der Waals surface area contributed by atoms with Gasteiger partial charge in [0.25, 0.3) is 0 Å². The van der Waals surface area contributed by atoms with Crippen LogP contribution < -0.4 is 9.64 Å². The zero-order valence-electron chi connectivity index (χ0n) is 14.8. The standard InChI is InChI=1S/C19H23ClN2O3S/c1-25-18-3-2-4-19(15-18)26(23,24)14-13-21-9-11-22(12-10-21)17-7-5-16(20)6-8-17/h2-8,15H,9-14H2,1H3. The fourth-order valence-corrected chi connectivity index (χ4v) is 4.49. The highest BCUT2D eigenvalue weighted by molar-refractivity contribution is 7.91. The first-order valence-corrected chi connectivity index (χ1v) is 10.6. The molecular formula is C19H23ClN2O3S. The van der Waals surface area contributed by atoms with E-state index < -0.39 is 9.84 Å². The molecule has 0 unspecified atom stereocenters. The SMILES string of the molecule is COc1cccc(S(=O)(=O)CCN2CCN(c3ccc(Cl)cc3)CC2)c1. The van der Waals surface area contributed by atoms with Crippen molar-refractivity contribution in [2.75, 3.05) is 50.5 Å². The van der Waals surface area contributed by atoms with Crippen LogP contribution in [0.15, 0.2) is 53.4 Å². The molecule has 0 saturated carbocycles. The molecule has 5 nitrogen and oxygen atoms in total. The minimum atomic E-state index is -3.31. The number of rotatable bonds is 6. The van der Waals surface area contributed by atoms with Crippen molar-refractivity contribution >= 4 is 27.1 Å². The molecule has 0 N–H and O–H groups in total. The highest BCUT2D eigenvalue weighted by Crippen LogP contribution is 2.21. The average molecular weight is 395 g/mol. The lowest BCUT2D eigenvalue weighted by molar-refractivity contribution is 0.272. The van der Waals surface area contributed by atoms with Gasteiger partial charge in [-0.3, -0.25) is 4.90 Å². The van der Waals surface area contributed by atoms with Crippen LogP contribution in [0.25, 0.3) is 0 Å². The van der Waals surface area contributed by atoms with Gasteiger partial charge in [-0.1, -0.05) is 17.7 Å². The van der Waals surface area contributed by atoms with Crippen LogP contribution in [-0.4, -0.2) is 58.9 Å². The second-order valence-electron chi connectivity index (χ2n) is 6.30. The van der Waals surface area contributed by atoms with E-state index in [1.165, 1.54) is 7.11 Å². The van der Waals surface area contributed by atoms with Crippen LogP contribution in [0.1, 0.15) is 0 Å². The third-order valence-corrected chi connectivity index (χ3v) is 6.58. The maximum absolute atomic E-state index is 12.6. The summed E-state index contributed by atoms with van der Waals surface area (Å²) in [6.45, 7) is 3.97. The second-order valence-corrected chi connectivity index (χ2v) is 8.85. The fourth-order valence-electron chi connectivity index (χ4n) is 3.04. The van der Waals surface area contributed by atoms with E-state index in [4.69, 9.17) is 16.3 Å². The van der Waals surface area contributed by atoms with E-state index in [9.17, 15) is 8.42 Å². The van der Waals surface area contributed by atoms with Gasteiger partial charge in [-0.05, 0) is 42.5 Å². The van der Waals surface area contributed by atoms with Crippen LogP contribution in [0, 0.1) is 0 Å². The van der Waals surface area contributed by atoms with Crippen molar-refractivity contribution < 1.29 is 13.2 Å². The molecule has 0 aliphatic carbocycles. The molecule has 26 heavy (non-hydrogen) atoms. The molecule has 1 saturated heterocycles. The Labute approximate surface area is 160 Å². The van der Waals surface area contributed by atoms with Gasteiger partial charge in [-0.15, -0.1) is 0 Å². The van der Waals surface area contributed by atoms with Crippen molar-refractivity contribution in [2.24, 2.45) is 0 Å². The monoisotopic (exact) mass is 394 g/mol. The quantitative estimate of drug-likeness (QED) is 0.753. The van der Waals surface area contributed by atoms with Crippen LogP contribution in [0.3, 0.4) is 0 Å². The number of nitrogens with zero attached hydrogens (tertiary/aromatic N) is 2. The van der Waals surface area contributed by atoms with E-state index in [0.717, 1.165) is 36.9 Å². The lowest BCUT2D eigenvalue weighted by Crippen LogP contribution is -2.47. The molecule has 1 aliphatic rings. The number of ether oxygens (including phenoxy) is 1. The summed E-state index contributed by atoms with van der Waals surface area (Å²) in [4.78, 5) is 4.81. The number of methoxy groups -OCH3 is 1. The Morgan fingerprint density at radius 3 is 2.38 bits per heavy atom. The summed E-state index contributed by atoms with van der Waals surface area (Å²) in [5.74, 6) is 0.670. The molecule has 1 aliphatic heterocycles. The molecular weight excluding hydrogens is 372 g/mol. The van der Waals surface area contributed by atoms with Crippen molar-refractivity contribution in [3.05, 3.63) is 53.6 Å². The van der Waals surface area contributed by atoms with E-state index in [-0.39, 0.29) is 5.75 Å². The maximum atomic E-state index is 12.6. The first kappa shape index (κ1) is 19.0. The first-order chi connectivity index (χ1) is 12.5. The summed E-state index contributed by atoms with van der Waals surface area (Å²) in [6.07, 6.45) is 0. The minimum Gasteiger partial charge on any atom is -0.497 e. The Balaban J connectivity index is 1.53. The van der Waals surface area contributed by atoms with Gasteiger partial charge in [0.05, 0.1) is 17.8 Å². The summed E-state index contributed by atoms with van der Waals surface area (Å²) >= 11 is 5.94. The normalized spacial score (nSPS) is 15.8. The number of hydrogen-bond acceptors (Lipinski definition) is 5. The summed E-state index contributed by atoms with van der Waals surface area (Å²) in [5.41, 5.74) is 1.15. The van der Waals surface area contributed by atoms with Gasteiger partial charge in [0, 0.05) is 43.4 Å². The predicted molar refractivity (Wildman–Crippen MR) is 105 cm³/mol. The third kappa shape index (κ3) is 4.69. The van der Waals surface area contributed by atoms with Gasteiger partial charge in [0.2, 0.25) is 0 Å². The molecule has 1 fully saturated rings. The molecule has 2 aromatic rings. The summed E-state index contributed by atoms with van der Waals surface area (Å²) in [6, 6.07) is 14.5. The Bertz CT molecular complexity index is 832. The Morgan fingerprint density at radius 2 is 1.73 bits per heavy atom. The number of hydrogen-bond donors (Lipinski definition) is 0. The van der Waals surface area contributed by atoms with Crippen LogP contribution in [0.4, 0.5) is 5.69 Å². The molecule has 0 atom stereocenters. The van der Waals surface area contributed by atoms with Gasteiger partial charge < -0.3 is 9.64 Å². The van der Waals surface area contributed by atoms with E-state index in [0.29, 0.717) is 17.2 Å². The zero-order valence-corrected chi connectivity index (χ0v) is 16.3. The van der Waals surface area contributed by atoms with Gasteiger partial charge in [-0.2, -0.15) is 0 Å². The smallest absolute Gasteiger partial charge is 0.179 e. The molecule has 2 aromatic carbocycles. The molecule has 7 heteroatoms. The number of piperazine rings is 1. The number of sulfone groups is 1. The Morgan fingerprint density at radius 1 is 1.04 bits per heavy atom. The highest BCUT2D eigenvalue weighted by Gasteiger charge is 2.21. The highest BCUT2D eigenvalue weighted by atomic mass is 35.5. The molecule has 1 heterocycles. The molecule has 0 spiro atoms. The van der Waals surface area contributed by atoms with Gasteiger partial charge in [-0.25, -0.2) is 8.42 Å². The lowest BCUT2D eigenvalue weighted by Gasteiger charge is -2.36. The van der Waals surface area contributed by atoms with Crippen LogP contribution in [-0.2, 0) is 9.84 Å². The molecule has 140 valence electrons. The zero-order chi connectivity index (χ0) is 18.6. The fraction of sp³-hybridized carbons (Fsp3) is 0.368. The summed E-state index contributed by atoms with van der Waals surface area (Å²) in [7, 11) is -1.78. The van der Waals surface area contributed by atoms with Crippen molar-refractivity contribution in [1.82, 2.24) is 4.90 Å². The lowest BCUT2D eigenvalue weighted by atomic mass is 10.2. The number of anilines is 1. The maximum Gasteiger partial charge on any atom is 0.179 e. The molecule has 0 bridgehead atoms. The number of halogens is 1. The second kappa shape index (κ2) is 8.29. The van der Waals surface area contributed by atoms with Crippen molar-refractivity contribution in [2.45, 2.75) is 4.90 Å². The van der Waals surface area contributed by atoms with Crippen molar-refractivity contribution in [3.63, 3.8) is 0 Å². The van der Waals surface area contributed by atoms with Crippen molar-refractivity contribution in [3.8, 4) is 5.75 Å². The Kier molecular flexibility index (Phi) is 6.06. The summed E-state index contributed by atoms with van der Waals surface area (Å²) < 4.78 is 30.2. The van der Waals surface area contributed by atoms with Crippen LogP contribution >= 0.6 is 11.6 Å². The number of benzene rings is 2.